The topological polar surface area (TPSA) is 24.9 Å². The van der Waals surface area contributed by atoms with Crippen LogP contribution in [0.2, 0.25) is 0 Å². The van der Waals surface area contributed by atoms with E-state index < -0.39 is 0 Å². The van der Waals surface area contributed by atoms with Crippen LogP contribution in [0.15, 0.2) is 156 Å². The van der Waals surface area contributed by atoms with Gasteiger partial charge in [-0.2, -0.15) is 0 Å². The van der Waals surface area contributed by atoms with Crippen LogP contribution in [0.25, 0.3) is 11.1 Å². The second-order valence-electron chi connectivity index (χ2n) is 16.2. The molecule has 4 heteroatoms. The Kier molecular flexibility index (Phi) is 6.94. The van der Waals surface area contributed by atoms with Crippen molar-refractivity contribution in [3.05, 3.63) is 167 Å². The summed E-state index contributed by atoms with van der Waals surface area (Å²) in [4.78, 5) is 5.38. The van der Waals surface area contributed by atoms with Crippen molar-refractivity contribution in [2.75, 3.05) is 4.90 Å². The Balaban J connectivity index is 0.950. The lowest BCUT2D eigenvalue weighted by molar-refractivity contribution is 0.0533. The van der Waals surface area contributed by atoms with Gasteiger partial charge in [0.05, 0.1) is 12.1 Å². The van der Waals surface area contributed by atoms with Crippen molar-refractivity contribution in [1.82, 2.24) is 4.90 Å². The van der Waals surface area contributed by atoms with Crippen LogP contribution in [0.1, 0.15) is 69.4 Å². The molecule has 3 aliphatic heterocycles. The van der Waals surface area contributed by atoms with Gasteiger partial charge in [0.15, 0.2) is 0 Å². The van der Waals surface area contributed by atoms with Crippen LogP contribution < -0.4 is 9.64 Å². The first-order chi connectivity index (χ1) is 25.6. The molecule has 2 aromatic rings. The lowest BCUT2D eigenvalue weighted by atomic mass is 9.75. The Labute approximate surface area is 307 Å². The fraction of sp³-hybridized carbons (Fsp3) is 0.333. The maximum atomic E-state index is 6.65. The van der Waals surface area contributed by atoms with Crippen molar-refractivity contribution >= 4 is 16.8 Å². The molecule has 0 saturated heterocycles. The smallest absolute Gasteiger partial charge is 0.131 e. The van der Waals surface area contributed by atoms with E-state index in [2.05, 4.69) is 144 Å². The van der Waals surface area contributed by atoms with Gasteiger partial charge in [-0.15, -0.1) is 0 Å². The number of allylic oxidation sites excluding steroid dienone is 8. The van der Waals surface area contributed by atoms with Gasteiger partial charge in [0.2, 0.25) is 0 Å². The molecule has 2 aromatic carbocycles. The van der Waals surface area contributed by atoms with Crippen LogP contribution in [0.3, 0.4) is 0 Å². The van der Waals surface area contributed by atoms with Crippen LogP contribution in [0.5, 0.6) is 5.75 Å². The summed E-state index contributed by atoms with van der Waals surface area (Å²) in [6, 6.07) is 19.3. The maximum Gasteiger partial charge on any atom is 0.131 e. The van der Waals surface area contributed by atoms with Crippen molar-refractivity contribution in [3.63, 3.8) is 0 Å². The first-order valence-electron chi connectivity index (χ1n) is 19.7. The minimum Gasteiger partial charge on any atom is -0.485 e. The molecule has 52 heavy (non-hydrogen) atoms. The Morgan fingerprint density at radius 2 is 1.81 bits per heavy atom. The van der Waals surface area contributed by atoms with E-state index in [9.17, 15) is 0 Å². The molecular weight excluding hydrogens is 637 g/mol. The van der Waals surface area contributed by atoms with Gasteiger partial charge in [0, 0.05) is 58.9 Å². The van der Waals surface area contributed by atoms with E-state index in [4.69, 9.17) is 9.47 Å². The fourth-order valence-corrected chi connectivity index (χ4v) is 11.0. The van der Waals surface area contributed by atoms with E-state index in [0.29, 0.717) is 23.9 Å². The van der Waals surface area contributed by atoms with Gasteiger partial charge in [0.25, 0.3) is 0 Å². The SMILES string of the molecule is CC12C=CCCC1C1=C(C=CC(N(C3=C4c5ccccc5OC4CC=C3)c3ccc(C4=CC5C6=C(CC=C6)N(C6C=CC=CC6)C5CC4)cc3)C1)O2. The zero-order valence-electron chi connectivity index (χ0n) is 30.0. The summed E-state index contributed by atoms with van der Waals surface area (Å²) in [7, 11) is 0. The van der Waals surface area contributed by atoms with E-state index in [-0.39, 0.29) is 17.7 Å². The highest BCUT2D eigenvalue weighted by molar-refractivity contribution is 5.85. The predicted molar refractivity (Wildman–Crippen MR) is 210 cm³/mol. The fourth-order valence-electron chi connectivity index (χ4n) is 11.0. The van der Waals surface area contributed by atoms with Gasteiger partial charge in [-0.1, -0.05) is 91.1 Å². The van der Waals surface area contributed by atoms with Gasteiger partial charge < -0.3 is 19.3 Å². The molecule has 0 radical (unpaired) electrons. The summed E-state index contributed by atoms with van der Waals surface area (Å²) in [5, 5.41) is 0. The third kappa shape index (κ3) is 4.65. The monoisotopic (exact) mass is 682 g/mol. The lowest BCUT2D eigenvalue weighted by Gasteiger charge is -2.40. The molecule has 0 fully saturated rings. The molecule has 11 rings (SSSR count). The largest absolute Gasteiger partial charge is 0.485 e. The summed E-state index contributed by atoms with van der Waals surface area (Å²) in [6.07, 6.45) is 39.2. The van der Waals surface area contributed by atoms with Gasteiger partial charge >= 0.3 is 0 Å². The van der Waals surface area contributed by atoms with Crippen molar-refractivity contribution in [2.45, 2.75) is 88.1 Å². The Morgan fingerprint density at radius 3 is 2.71 bits per heavy atom. The van der Waals surface area contributed by atoms with Crippen LogP contribution in [-0.4, -0.2) is 34.7 Å². The van der Waals surface area contributed by atoms with Crippen molar-refractivity contribution in [2.24, 2.45) is 11.8 Å². The minimum absolute atomic E-state index is 0.0402. The van der Waals surface area contributed by atoms with E-state index in [0.717, 1.165) is 56.5 Å². The van der Waals surface area contributed by atoms with Crippen LogP contribution in [-0.2, 0) is 4.74 Å². The molecule has 9 aliphatic rings. The highest BCUT2D eigenvalue weighted by Gasteiger charge is 2.47. The van der Waals surface area contributed by atoms with Crippen LogP contribution in [0.4, 0.5) is 5.69 Å². The second-order valence-corrected chi connectivity index (χ2v) is 16.2. The number of nitrogens with zero attached hydrogens (tertiary/aromatic N) is 2. The molecule has 0 aromatic heterocycles. The zero-order valence-corrected chi connectivity index (χ0v) is 30.0. The summed E-state index contributed by atoms with van der Waals surface area (Å²) in [5.74, 6) is 2.98. The number of hydrogen-bond donors (Lipinski definition) is 0. The first-order valence-corrected chi connectivity index (χ1v) is 19.7. The van der Waals surface area contributed by atoms with Crippen molar-refractivity contribution in [3.8, 4) is 5.75 Å². The van der Waals surface area contributed by atoms with E-state index in [1.165, 1.54) is 45.7 Å². The van der Waals surface area contributed by atoms with Gasteiger partial charge in [0.1, 0.15) is 23.2 Å². The molecule has 0 amide bonds. The predicted octanol–water partition coefficient (Wildman–Crippen LogP) is 10.5. The average molecular weight is 683 g/mol. The number of anilines is 1. The van der Waals surface area contributed by atoms with Gasteiger partial charge in [-0.25, -0.2) is 0 Å². The molecule has 7 unspecified atom stereocenters. The van der Waals surface area contributed by atoms with E-state index in [1.807, 2.05) is 0 Å². The standard InChI is InChI=1S/C48H46N2O2/c1-48-28-8-7-15-40(48)39-30-35(25-27-45(39)52-48)49(43-17-10-19-46-47(43)37-13-5-6-18-44(37)51-46)34-23-20-31(21-24-34)32-22-26-42-38(29-32)36-14-9-16-41(36)50(42)33-11-3-2-4-12-33/h2-6,8-11,13-14,17-18,20-21,23-25,27-29,33,35,38,40,42,46H,7,12,15-16,19,22,26,30H2,1H3. The third-order valence-corrected chi connectivity index (χ3v) is 13.3. The van der Waals surface area contributed by atoms with Crippen LogP contribution in [0, 0.1) is 11.8 Å². The second kappa shape index (κ2) is 11.8. The molecule has 4 nitrogen and oxygen atoms in total. The summed E-state index contributed by atoms with van der Waals surface area (Å²) in [5.41, 5.74) is 12.2. The van der Waals surface area contributed by atoms with Crippen molar-refractivity contribution in [1.29, 1.82) is 0 Å². The molecule has 0 saturated carbocycles. The van der Waals surface area contributed by atoms with E-state index >= 15 is 0 Å². The van der Waals surface area contributed by atoms with Crippen LogP contribution >= 0.6 is 0 Å². The highest BCUT2D eigenvalue weighted by atomic mass is 16.5. The first kappa shape index (κ1) is 30.6. The van der Waals surface area contributed by atoms with Gasteiger partial charge in [-0.3, -0.25) is 0 Å². The number of ether oxygens (including phenoxy) is 2. The molecule has 0 spiro atoms. The molecule has 3 heterocycles. The highest BCUT2D eigenvalue weighted by Crippen LogP contribution is 2.52. The molecular formula is C48H46N2O2. The third-order valence-electron chi connectivity index (χ3n) is 13.3. The number of para-hydroxylation sites is 1. The summed E-state index contributed by atoms with van der Waals surface area (Å²) >= 11 is 0. The number of hydrogen-bond acceptors (Lipinski definition) is 4. The lowest BCUT2D eigenvalue weighted by Crippen LogP contribution is -2.42. The maximum absolute atomic E-state index is 6.65. The average Bonchev–Trinajstić information content (AvgIpc) is 3.95. The quantitative estimate of drug-likeness (QED) is 0.293. The summed E-state index contributed by atoms with van der Waals surface area (Å²) in [6.45, 7) is 2.27. The van der Waals surface area contributed by atoms with Gasteiger partial charge in [-0.05, 0) is 104 Å². The normalized spacial score (nSPS) is 33.0. The summed E-state index contributed by atoms with van der Waals surface area (Å²) < 4.78 is 13.2. The van der Waals surface area contributed by atoms with Crippen molar-refractivity contribution < 1.29 is 9.47 Å². The number of benzene rings is 2. The molecule has 7 atom stereocenters. The number of rotatable bonds is 5. The Bertz CT molecular complexity index is 2170. The molecule has 6 aliphatic carbocycles. The molecule has 260 valence electrons. The molecule has 0 bridgehead atoms. The Morgan fingerprint density at radius 1 is 0.885 bits per heavy atom. The Hall–Kier alpha value is -4.96. The zero-order chi connectivity index (χ0) is 34.4. The minimum atomic E-state index is -0.233. The number of fused-ring (bicyclic) bond motifs is 7. The van der Waals surface area contributed by atoms with E-state index in [1.54, 1.807) is 11.3 Å². The molecule has 0 N–H and O–H groups in total.